The van der Waals surface area contributed by atoms with Crippen molar-refractivity contribution in [1.29, 1.82) is 0 Å². The summed E-state index contributed by atoms with van der Waals surface area (Å²) in [6, 6.07) is 4.15. The predicted octanol–water partition coefficient (Wildman–Crippen LogP) is 1.75. The molecule has 1 aromatic rings. The van der Waals surface area contributed by atoms with Crippen LogP contribution < -0.4 is 5.73 Å². The number of phenols is 1. The molecule has 0 spiro atoms. The molecule has 0 aromatic heterocycles. The minimum absolute atomic E-state index is 0.0544. The van der Waals surface area contributed by atoms with Gasteiger partial charge in [0.05, 0.1) is 0 Å². The van der Waals surface area contributed by atoms with Crippen molar-refractivity contribution in [2.75, 3.05) is 20.6 Å². The normalized spacial score (nSPS) is 17.5. The molecule has 1 fully saturated rings. The van der Waals surface area contributed by atoms with E-state index in [1.165, 1.54) is 0 Å². The fourth-order valence-electron chi connectivity index (χ4n) is 2.42. The number of nitrogens with two attached hydrogens (primary N) is 1. The number of phenolic OH excluding ortho intramolecular Hbond substituents is 1. The van der Waals surface area contributed by atoms with E-state index in [0.717, 1.165) is 36.1 Å². The van der Waals surface area contributed by atoms with Crippen LogP contribution in [-0.2, 0) is 12.0 Å². The first-order chi connectivity index (χ1) is 8.00. The van der Waals surface area contributed by atoms with Crippen molar-refractivity contribution in [2.24, 2.45) is 5.73 Å². The molecule has 3 nitrogen and oxygen atoms in total. The molecular weight excluding hydrogens is 212 g/mol. The van der Waals surface area contributed by atoms with Gasteiger partial charge in [0.25, 0.3) is 0 Å². The summed E-state index contributed by atoms with van der Waals surface area (Å²) < 4.78 is 0. The molecule has 0 amide bonds. The first-order valence-electron chi connectivity index (χ1n) is 6.17. The monoisotopic (exact) mass is 234 g/mol. The van der Waals surface area contributed by atoms with E-state index in [1.807, 2.05) is 27.1 Å². The van der Waals surface area contributed by atoms with Crippen LogP contribution >= 0.6 is 0 Å². The van der Waals surface area contributed by atoms with Gasteiger partial charge in [0.2, 0.25) is 0 Å². The smallest absolute Gasteiger partial charge is 0.124 e. The summed E-state index contributed by atoms with van der Waals surface area (Å²) in [5.74, 6) is 0.460. The van der Waals surface area contributed by atoms with Crippen molar-refractivity contribution < 1.29 is 5.11 Å². The third kappa shape index (κ3) is 2.17. The van der Waals surface area contributed by atoms with Gasteiger partial charge in [-0.05, 0) is 39.4 Å². The Labute approximate surface area is 103 Å². The molecule has 94 valence electrons. The second-order valence-corrected chi connectivity index (χ2v) is 5.48. The third-order valence-electron chi connectivity index (χ3n) is 3.81. The Balaban J connectivity index is 2.43. The van der Waals surface area contributed by atoms with Gasteiger partial charge in [-0.25, -0.2) is 0 Å². The van der Waals surface area contributed by atoms with E-state index in [9.17, 15) is 5.11 Å². The summed E-state index contributed by atoms with van der Waals surface area (Å²) in [6.45, 7) is 3.45. The molecule has 1 saturated carbocycles. The lowest BCUT2D eigenvalue weighted by molar-refractivity contribution is 0.381. The molecule has 0 unspecified atom stereocenters. The van der Waals surface area contributed by atoms with E-state index in [4.69, 9.17) is 5.73 Å². The molecule has 0 bridgehead atoms. The highest BCUT2D eigenvalue weighted by atomic mass is 16.3. The largest absolute Gasteiger partial charge is 0.507 e. The van der Waals surface area contributed by atoms with Gasteiger partial charge in [-0.1, -0.05) is 12.1 Å². The number of hydrogen-bond acceptors (Lipinski definition) is 3. The minimum Gasteiger partial charge on any atom is -0.507 e. The summed E-state index contributed by atoms with van der Waals surface area (Å²) in [5, 5.41) is 10.4. The molecule has 2 rings (SSSR count). The van der Waals surface area contributed by atoms with E-state index >= 15 is 0 Å². The molecule has 1 aromatic carbocycles. The first-order valence-corrected chi connectivity index (χ1v) is 6.17. The average molecular weight is 234 g/mol. The second-order valence-electron chi connectivity index (χ2n) is 5.48. The van der Waals surface area contributed by atoms with Gasteiger partial charge in [0, 0.05) is 29.6 Å². The number of nitrogens with zero attached hydrogens (tertiary/aromatic N) is 1. The standard InChI is InChI=1S/C14H22N2O/c1-10-4-5-12(14(9-15)6-7-14)13(17)11(10)8-16(2)3/h4-5,17H,6-9,15H2,1-3H3. The molecule has 1 aliphatic rings. The van der Waals surface area contributed by atoms with E-state index in [0.29, 0.717) is 12.3 Å². The zero-order valence-corrected chi connectivity index (χ0v) is 11.0. The van der Waals surface area contributed by atoms with Gasteiger partial charge in [-0.15, -0.1) is 0 Å². The van der Waals surface area contributed by atoms with E-state index < -0.39 is 0 Å². The highest BCUT2D eigenvalue weighted by Crippen LogP contribution is 2.51. The van der Waals surface area contributed by atoms with Crippen molar-refractivity contribution in [3.8, 4) is 5.75 Å². The van der Waals surface area contributed by atoms with Crippen molar-refractivity contribution >= 4 is 0 Å². The quantitative estimate of drug-likeness (QED) is 0.834. The molecule has 0 atom stereocenters. The van der Waals surface area contributed by atoms with Crippen LogP contribution in [0.15, 0.2) is 12.1 Å². The van der Waals surface area contributed by atoms with Crippen molar-refractivity contribution in [1.82, 2.24) is 4.90 Å². The Bertz CT molecular complexity index is 422. The van der Waals surface area contributed by atoms with Gasteiger partial charge < -0.3 is 15.7 Å². The van der Waals surface area contributed by atoms with Gasteiger partial charge in [-0.3, -0.25) is 0 Å². The molecule has 1 aliphatic carbocycles. The van der Waals surface area contributed by atoms with E-state index in [2.05, 4.69) is 11.0 Å². The maximum absolute atomic E-state index is 10.4. The van der Waals surface area contributed by atoms with Crippen molar-refractivity contribution in [2.45, 2.75) is 31.7 Å². The fraction of sp³-hybridized carbons (Fsp3) is 0.571. The van der Waals surface area contributed by atoms with Gasteiger partial charge >= 0.3 is 0 Å². The molecule has 0 radical (unpaired) electrons. The highest BCUT2D eigenvalue weighted by molar-refractivity contribution is 5.51. The highest BCUT2D eigenvalue weighted by Gasteiger charge is 2.45. The van der Waals surface area contributed by atoms with Crippen LogP contribution in [0.1, 0.15) is 29.5 Å². The lowest BCUT2D eigenvalue weighted by atomic mass is 9.91. The van der Waals surface area contributed by atoms with Crippen molar-refractivity contribution in [3.63, 3.8) is 0 Å². The number of aryl methyl sites for hydroxylation is 1. The Morgan fingerprint density at radius 3 is 2.47 bits per heavy atom. The van der Waals surface area contributed by atoms with Crippen LogP contribution in [0.5, 0.6) is 5.75 Å². The molecule has 3 N–H and O–H groups in total. The predicted molar refractivity (Wildman–Crippen MR) is 70.2 cm³/mol. The summed E-state index contributed by atoms with van der Waals surface area (Å²) in [6.07, 6.45) is 2.20. The fourth-order valence-corrected chi connectivity index (χ4v) is 2.42. The van der Waals surface area contributed by atoms with Crippen LogP contribution in [-0.4, -0.2) is 30.6 Å². The number of hydrogen-bond donors (Lipinski definition) is 2. The Hall–Kier alpha value is -1.06. The number of benzene rings is 1. The summed E-state index contributed by atoms with van der Waals surface area (Å²) in [7, 11) is 4.03. The summed E-state index contributed by atoms with van der Waals surface area (Å²) >= 11 is 0. The van der Waals surface area contributed by atoms with Crippen LogP contribution in [0.4, 0.5) is 0 Å². The second kappa shape index (κ2) is 4.31. The SMILES string of the molecule is Cc1ccc(C2(CN)CC2)c(O)c1CN(C)C. The zero-order chi connectivity index (χ0) is 12.6. The topological polar surface area (TPSA) is 49.5 Å². The van der Waals surface area contributed by atoms with Crippen LogP contribution in [0.3, 0.4) is 0 Å². The third-order valence-corrected chi connectivity index (χ3v) is 3.81. The Kier molecular flexibility index (Phi) is 3.15. The summed E-state index contributed by atoms with van der Waals surface area (Å²) in [4.78, 5) is 2.08. The van der Waals surface area contributed by atoms with Crippen LogP contribution in [0.2, 0.25) is 0 Å². The van der Waals surface area contributed by atoms with Crippen LogP contribution in [0.25, 0.3) is 0 Å². The Morgan fingerprint density at radius 1 is 1.35 bits per heavy atom. The van der Waals surface area contributed by atoms with Gasteiger partial charge in [-0.2, -0.15) is 0 Å². The average Bonchev–Trinajstić information content (AvgIpc) is 3.05. The molecule has 3 heteroatoms. The van der Waals surface area contributed by atoms with Gasteiger partial charge in [0.1, 0.15) is 5.75 Å². The molecule has 17 heavy (non-hydrogen) atoms. The molecular formula is C14H22N2O. The van der Waals surface area contributed by atoms with E-state index in [-0.39, 0.29) is 5.41 Å². The lowest BCUT2D eigenvalue weighted by Crippen LogP contribution is -2.21. The zero-order valence-electron chi connectivity index (χ0n) is 11.0. The maximum Gasteiger partial charge on any atom is 0.124 e. The van der Waals surface area contributed by atoms with Crippen molar-refractivity contribution in [3.05, 3.63) is 28.8 Å². The molecule has 0 saturated heterocycles. The van der Waals surface area contributed by atoms with E-state index in [1.54, 1.807) is 0 Å². The lowest BCUT2D eigenvalue weighted by Gasteiger charge is -2.20. The van der Waals surface area contributed by atoms with Crippen LogP contribution in [0, 0.1) is 6.92 Å². The number of rotatable bonds is 4. The first kappa shape index (κ1) is 12.4. The minimum atomic E-state index is 0.0544. The Morgan fingerprint density at radius 2 is 2.00 bits per heavy atom. The molecule has 0 aliphatic heterocycles. The summed E-state index contributed by atoms with van der Waals surface area (Å²) in [5.41, 5.74) is 9.12. The molecule has 0 heterocycles. The van der Waals surface area contributed by atoms with Gasteiger partial charge in [0.15, 0.2) is 0 Å². The maximum atomic E-state index is 10.4. The number of aromatic hydroxyl groups is 1.